The minimum absolute atomic E-state index is 0.232. The quantitative estimate of drug-likeness (QED) is 0.250. The van der Waals surface area contributed by atoms with Gasteiger partial charge in [0.1, 0.15) is 0 Å². The fourth-order valence-electron chi connectivity index (χ4n) is 2.18. The molecule has 148 valence electrons. The van der Waals surface area contributed by atoms with Crippen LogP contribution in [0, 0.1) is 0 Å². The molecule has 0 aromatic carbocycles. The normalized spacial score (nSPS) is 16.0. The Morgan fingerprint density at radius 2 is 1.50 bits per heavy atom. The van der Waals surface area contributed by atoms with Crippen molar-refractivity contribution < 1.29 is 24.9 Å². The van der Waals surface area contributed by atoms with Gasteiger partial charge in [-0.25, -0.2) is 0 Å². The molecule has 0 aliphatic rings. The number of methoxy groups -OCH3 is 1. The number of aliphatic hydroxyl groups is 3. The van der Waals surface area contributed by atoms with Crippen LogP contribution in [0.3, 0.4) is 0 Å². The average Bonchev–Trinajstić information content (AvgIpc) is 2.63. The lowest BCUT2D eigenvalue weighted by molar-refractivity contribution is -0.140. The zero-order chi connectivity index (χ0) is 19.6. The van der Waals surface area contributed by atoms with Crippen molar-refractivity contribution in [1.29, 1.82) is 0 Å². The molecule has 26 heavy (non-hydrogen) atoms. The van der Waals surface area contributed by atoms with Gasteiger partial charge >= 0.3 is 5.97 Å². The molecule has 0 radical (unpaired) electrons. The van der Waals surface area contributed by atoms with Gasteiger partial charge in [0.25, 0.3) is 0 Å². The van der Waals surface area contributed by atoms with Crippen LogP contribution < -0.4 is 0 Å². The molecule has 0 spiro atoms. The molecule has 3 N–H and O–H groups in total. The number of carbonyl (C=O) groups excluding carboxylic acids is 1. The summed E-state index contributed by atoms with van der Waals surface area (Å²) in [6.45, 7) is 2.14. The first-order chi connectivity index (χ1) is 12.5. The van der Waals surface area contributed by atoms with Gasteiger partial charge in [0.2, 0.25) is 0 Å². The Balaban J connectivity index is 3.98. The molecule has 0 heterocycles. The second-order valence-corrected chi connectivity index (χ2v) is 6.13. The van der Waals surface area contributed by atoms with Gasteiger partial charge in [-0.05, 0) is 19.3 Å². The van der Waals surface area contributed by atoms with Crippen molar-refractivity contribution in [3.63, 3.8) is 0 Å². The second kappa shape index (κ2) is 16.8. The fraction of sp³-hybridized carbons (Fsp3) is 0.571. The van der Waals surface area contributed by atoms with E-state index >= 15 is 0 Å². The zero-order valence-electron chi connectivity index (χ0n) is 16.0. The summed E-state index contributed by atoms with van der Waals surface area (Å²) >= 11 is 0. The van der Waals surface area contributed by atoms with Crippen molar-refractivity contribution >= 4 is 5.97 Å². The van der Waals surface area contributed by atoms with Gasteiger partial charge in [0.05, 0.1) is 25.4 Å². The lowest BCUT2D eigenvalue weighted by Crippen LogP contribution is -2.23. The number of hydrogen-bond donors (Lipinski definition) is 3. The van der Waals surface area contributed by atoms with Crippen LogP contribution in [0.25, 0.3) is 0 Å². The number of esters is 1. The van der Waals surface area contributed by atoms with E-state index in [9.17, 15) is 20.1 Å². The third-order valence-corrected chi connectivity index (χ3v) is 3.80. The smallest absolute Gasteiger partial charge is 0.305 e. The SMILES string of the molecule is CCCCC[C@H](O)/C=C/C=C\C=C\C=C\[C@@H](O)[C@H](O)CCCC(=O)OC. The summed E-state index contributed by atoms with van der Waals surface area (Å²) in [4.78, 5) is 11.0. The standard InChI is InChI=1S/C21H34O5/c1-3-4-9-13-18(22)14-10-7-5-6-8-11-15-19(23)20(24)16-12-17-21(25)26-2/h5-8,10-11,14-15,18-20,22-24H,3-4,9,12-13,16-17H2,1-2H3/b7-5-,8-6+,14-10+,15-11+/t18-,19+,20+/m0/s1. The van der Waals surface area contributed by atoms with Crippen LogP contribution in [0.2, 0.25) is 0 Å². The van der Waals surface area contributed by atoms with Crippen LogP contribution >= 0.6 is 0 Å². The highest BCUT2D eigenvalue weighted by Crippen LogP contribution is 2.07. The number of carbonyl (C=O) groups is 1. The molecule has 0 bridgehead atoms. The van der Waals surface area contributed by atoms with Crippen molar-refractivity contribution in [2.24, 2.45) is 0 Å². The highest BCUT2D eigenvalue weighted by atomic mass is 16.5. The summed E-state index contributed by atoms with van der Waals surface area (Å²) in [5.74, 6) is -0.320. The van der Waals surface area contributed by atoms with E-state index in [0.717, 1.165) is 25.7 Å². The van der Waals surface area contributed by atoms with E-state index in [4.69, 9.17) is 0 Å². The molecule has 0 saturated heterocycles. The first-order valence-corrected chi connectivity index (χ1v) is 9.30. The Morgan fingerprint density at radius 3 is 2.12 bits per heavy atom. The maximum absolute atomic E-state index is 11.0. The summed E-state index contributed by atoms with van der Waals surface area (Å²) in [5, 5.41) is 29.3. The van der Waals surface area contributed by atoms with Crippen LogP contribution in [0.15, 0.2) is 48.6 Å². The highest BCUT2D eigenvalue weighted by molar-refractivity contribution is 5.68. The maximum atomic E-state index is 11.0. The molecule has 5 heteroatoms. The monoisotopic (exact) mass is 366 g/mol. The van der Waals surface area contributed by atoms with Gasteiger partial charge in [-0.2, -0.15) is 0 Å². The fourth-order valence-corrected chi connectivity index (χ4v) is 2.18. The van der Waals surface area contributed by atoms with E-state index in [2.05, 4.69) is 11.7 Å². The molecule has 0 fully saturated rings. The van der Waals surface area contributed by atoms with Crippen molar-refractivity contribution in [2.45, 2.75) is 70.2 Å². The van der Waals surface area contributed by atoms with Gasteiger partial charge in [-0.3, -0.25) is 4.79 Å². The molecule has 0 aromatic rings. The molecule has 0 rings (SSSR count). The molecule has 0 amide bonds. The third kappa shape index (κ3) is 14.6. The predicted octanol–water partition coefficient (Wildman–Crippen LogP) is 3.22. The number of ether oxygens (including phenoxy) is 1. The van der Waals surface area contributed by atoms with Crippen molar-refractivity contribution in [3.05, 3.63) is 48.6 Å². The Bertz CT molecular complexity index is 465. The largest absolute Gasteiger partial charge is 0.469 e. The minimum atomic E-state index is -0.973. The maximum Gasteiger partial charge on any atom is 0.305 e. The van der Waals surface area contributed by atoms with E-state index < -0.39 is 18.3 Å². The first-order valence-electron chi connectivity index (χ1n) is 9.30. The topological polar surface area (TPSA) is 87.0 Å². The summed E-state index contributed by atoms with van der Waals surface area (Å²) in [5.41, 5.74) is 0. The molecular weight excluding hydrogens is 332 g/mol. The zero-order valence-corrected chi connectivity index (χ0v) is 16.0. The van der Waals surface area contributed by atoms with Crippen LogP contribution in [0.1, 0.15) is 51.9 Å². The van der Waals surface area contributed by atoms with Gasteiger partial charge in [-0.15, -0.1) is 0 Å². The Hall–Kier alpha value is -1.69. The van der Waals surface area contributed by atoms with Crippen LogP contribution in [-0.4, -0.2) is 46.7 Å². The molecular formula is C21H34O5. The van der Waals surface area contributed by atoms with Gasteiger partial charge in [0, 0.05) is 6.42 Å². The molecule has 0 aliphatic heterocycles. The lowest BCUT2D eigenvalue weighted by atomic mass is 10.1. The number of hydrogen-bond acceptors (Lipinski definition) is 5. The molecule has 0 unspecified atom stereocenters. The summed E-state index contributed by atoms with van der Waals surface area (Å²) in [7, 11) is 1.32. The summed E-state index contributed by atoms with van der Waals surface area (Å²) < 4.78 is 4.52. The van der Waals surface area contributed by atoms with E-state index in [1.165, 1.54) is 13.2 Å². The van der Waals surface area contributed by atoms with Gasteiger partial charge < -0.3 is 20.1 Å². The van der Waals surface area contributed by atoms with Gasteiger partial charge in [0.15, 0.2) is 0 Å². The van der Waals surface area contributed by atoms with E-state index in [1.807, 2.05) is 18.2 Å². The number of rotatable bonds is 14. The lowest BCUT2D eigenvalue weighted by Gasteiger charge is -2.13. The minimum Gasteiger partial charge on any atom is -0.469 e. The molecule has 5 nitrogen and oxygen atoms in total. The Morgan fingerprint density at radius 1 is 0.885 bits per heavy atom. The number of unbranched alkanes of at least 4 members (excludes halogenated alkanes) is 2. The Labute approximate surface area is 157 Å². The van der Waals surface area contributed by atoms with Crippen LogP contribution in [0.5, 0.6) is 0 Å². The summed E-state index contributed by atoms with van der Waals surface area (Å²) in [6.07, 6.45) is 16.8. The van der Waals surface area contributed by atoms with Gasteiger partial charge in [-0.1, -0.05) is 74.8 Å². The van der Waals surface area contributed by atoms with Crippen molar-refractivity contribution in [1.82, 2.24) is 0 Å². The van der Waals surface area contributed by atoms with Crippen molar-refractivity contribution in [3.8, 4) is 0 Å². The molecule has 0 aromatic heterocycles. The van der Waals surface area contributed by atoms with E-state index in [-0.39, 0.29) is 12.4 Å². The van der Waals surface area contributed by atoms with E-state index in [1.54, 1.807) is 24.3 Å². The second-order valence-electron chi connectivity index (χ2n) is 6.13. The van der Waals surface area contributed by atoms with Crippen LogP contribution in [0.4, 0.5) is 0 Å². The third-order valence-electron chi connectivity index (χ3n) is 3.80. The predicted molar refractivity (Wildman–Crippen MR) is 105 cm³/mol. The number of aliphatic hydroxyl groups excluding tert-OH is 3. The van der Waals surface area contributed by atoms with E-state index in [0.29, 0.717) is 12.8 Å². The highest BCUT2D eigenvalue weighted by Gasteiger charge is 2.13. The summed E-state index contributed by atoms with van der Waals surface area (Å²) in [6, 6.07) is 0. The first kappa shape index (κ1) is 24.3. The molecule has 0 aliphatic carbocycles. The number of allylic oxidation sites excluding steroid dienone is 6. The average molecular weight is 366 g/mol. The molecule has 3 atom stereocenters. The Kier molecular flexibility index (Phi) is 15.7. The molecule has 0 saturated carbocycles. The van der Waals surface area contributed by atoms with Crippen molar-refractivity contribution in [2.75, 3.05) is 7.11 Å². The van der Waals surface area contributed by atoms with Crippen LogP contribution in [-0.2, 0) is 9.53 Å².